The molecule has 0 aliphatic rings. The molecule has 0 saturated carbocycles. The summed E-state index contributed by atoms with van der Waals surface area (Å²) in [5.41, 5.74) is 1.69. The third-order valence-electron chi connectivity index (χ3n) is 3.91. The van der Waals surface area contributed by atoms with Gasteiger partial charge < -0.3 is 5.11 Å². The highest BCUT2D eigenvalue weighted by Crippen LogP contribution is 2.37. The number of aromatic carboxylic acids is 1. The molecular formula is C19H15BrF3N3O2S. The van der Waals surface area contributed by atoms with Gasteiger partial charge in [0.15, 0.2) is 5.69 Å². The summed E-state index contributed by atoms with van der Waals surface area (Å²) in [5.74, 6) is -1.17. The van der Waals surface area contributed by atoms with Gasteiger partial charge in [-0.25, -0.2) is 9.78 Å². The Kier molecular flexibility index (Phi) is 5.68. The molecule has 2 aromatic heterocycles. The van der Waals surface area contributed by atoms with Crippen LogP contribution in [-0.4, -0.2) is 25.8 Å². The number of halogens is 4. The van der Waals surface area contributed by atoms with Gasteiger partial charge in [0.1, 0.15) is 0 Å². The van der Waals surface area contributed by atoms with E-state index in [4.69, 9.17) is 0 Å². The average molecular weight is 486 g/mol. The Hall–Kier alpha value is -2.46. The van der Waals surface area contributed by atoms with Gasteiger partial charge in [-0.05, 0) is 60.5 Å². The highest BCUT2D eigenvalue weighted by atomic mass is 79.9. The molecule has 29 heavy (non-hydrogen) atoms. The van der Waals surface area contributed by atoms with Crippen LogP contribution in [0.3, 0.4) is 0 Å². The number of nitrogens with zero attached hydrogens (tertiary/aromatic N) is 3. The summed E-state index contributed by atoms with van der Waals surface area (Å²) < 4.78 is 40.2. The summed E-state index contributed by atoms with van der Waals surface area (Å²) in [7, 11) is 0. The standard InChI is InChI=1S/C19H15BrF3N3O2S/c1-9(2)8-13-16(11-4-6-12(7-5-11)19(21,22)23)29-18(24-13)26-15(17(27)28)14(20)10(3)25-26/h4-8H,1-3H3,(H,27,28). The van der Waals surface area contributed by atoms with Gasteiger partial charge in [0.25, 0.3) is 0 Å². The Morgan fingerprint density at radius 3 is 2.38 bits per heavy atom. The lowest BCUT2D eigenvalue weighted by molar-refractivity contribution is -0.137. The average Bonchev–Trinajstić information content (AvgIpc) is 3.15. The number of aryl methyl sites for hydroxylation is 1. The van der Waals surface area contributed by atoms with Gasteiger partial charge in [0, 0.05) is 0 Å². The van der Waals surface area contributed by atoms with Crippen molar-refractivity contribution in [1.29, 1.82) is 0 Å². The molecule has 1 aromatic carbocycles. The van der Waals surface area contributed by atoms with Crippen LogP contribution in [0, 0.1) is 6.92 Å². The maximum absolute atomic E-state index is 12.9. The maximum Gasteiger partial charge on any atom is 0.416 e. The highest BCUT2D eigenvalue weighted by molar-refractivity contribution is 9.10. The molecule has 0 atom stereocenters. The van der Waals surface area contributed by atoms with E-state index in [9.17, 15) is 23.1 Å². The molecule has 0 aliphatic heterocycles. The van der Waals surface area contributed by atoms with E-state index in [2.05, 4.69) is 26.0 Å². The lowest BCUT2D eigenvalue weighted by atomic mass is 10.1. The summed E-state index contributed by atoms with van der Waals surface area (Å²) in [6.45, 7) is 5.40. The van der Waals surface area contributed by atoms with Crippen molar-refractivity contribution in [3.63, 3.8) is 0 Å². The molecule has 3 rings (SSSR count). The summed E-state index contributed by atoms with van der Waals surface area (Å²) in [6.07, 6.45) is -2.63. The number of thiazole rings is 1. The van der Waals surface area contributed by atoms with Crippen molar-refractivity contribution in [2.75, 3.05) is 0 Å². The lowest BCUT2D eigenvalue weighted by Gasteiger charge is -2.07. The van der Waals surface area contributed by atoms with Crippen LogP contribution in [0.4, 0.5) is 13.2 Å². The van der Waals surface area contributed by atoms with E-state index in [1.54, 1.807) is 13.0 Å². The normalized spacial score (nSPS) is 11.6. The van der Waals surface area contributed by atoms with Crippen molar-refractivity contribution in [2.45, 2.75) is 26.9 Å². The Morgan fingerprint density at radius 2 is 1.86 bits per heavy atom. The van der Waals surface area contributed by atoms with Crippen molar-refractivity contribution in [3.8, 4) is 15.6 Å². The fraction of sp³-hybridized carbons (Fsp3) is 0.211. The molecule has 152 valence electrons. The number of hydrogen-bond acceptors (Lipinski definition) is 4. The van der Waals surface area contributed by atoms with Crippen LogP contribution in [0.1, 0.15) is 41.3 Å². The van der Waals surface area contributed by atoms with E-state index in [1.165, 1.54) is 16.8 Å². The van der Waals surface area contributed by atoms with Gasteiger partial charge in [-0.15, -0.1) is 0 Å². The maximum atomic E-state index is 12.9. The Morgan fingerprint density at radius 1 is 1.24 bits per heavy atom. The first kappa shape index (κ1) is 21.3. The number of aromatic nitrogens is 3. The molecule has 0 saturated heterocycles. The SMILES string of the molecule is CC(C)=Cc1nc(-n2nc(C)c(Br)c2C(=O)O)sc1-c1ccc(C(F)(F)F)cc1. The van der Waals surface area contributed by atoms with E-state index in [0.717, 1.165) is 29.0 Å². The minimum atomic E-state index is -4.42. The second-order valence-corrected chi connectivity index (χ2v) is 8.24. The van der Waals surface area contributed by atoms with Crippen LogP contribution in [0.5, 0.6) is 0 Å². The minimum absolute atomic E-state index is 0.0704. The molecule has 2 heterocycles. The van der Waals surface area contributed by atoms with Crippen LogP contribution in [0.15, 0.2) is 34.3 Å². The zero-order valence-corrected chi connectivity index (χ0v) is 17.9. The summed E-state index contributed by atoms with van der Waals surface area (Å²) in [4.78, 5) is 16.8. The van der Waals surface area contributed by atoms with Gasteiger partial charge in [-0.1, -0.05) is 29.0 Å². The van der Waals surface area contributed by atoms with Crippen molar-refractivity contribution < 1.29 is 23.1 Å². The Bertz CT molecular complexity index is 1110. The van der Waals surface area contributed by atoms with Crippen molar-refractivity contribution in [2.24, 2.45) is 0 Å². The van der Waals surface area contributed by atoms with E-state index in [0.29, 0.717) is 31.4 Å². The molecule has 1 N–H and O–H groups in total. The predicted molar refractivity (Wildman–Crippen MR) is 108 cm³/mol. The van der Waals surface area contributed by atoms with Crippen LogP contribution >= 0.6 is 27.3 Å². The quantitative estimate of drug-likeness (QED) is 0.477. The molecule has 0 bridgehead atoms. The fourth-order valence-corrected chi connectivity index (χ4v) is 4.06. The molecule has 0 fully saturated rings. The van der Waals surface area contributed by atoms with Gasteiger partial charge in [-0.2, -0.15) is 23.0 Å². The molecule has 0 aliphatic carbocycles. The molecule has 0 amide bonds. The third-order valence-corrected chi connectivity index (χ3v) is 5.96. The molecule has 10 heteroatoms. The summed E-state index contributed by atoms with van der Waals surface area (Å²) in [5, 5.41) is 14.1. The molecule has 0 radical (unpaired) electrons. The second-order valence-electron chi connectivity index (χ2n) is 6.47. The number of rotatable bonds is 4. The molecule has 3 aromatic rings. The van der Waals surface area contributed by atoms with Gasteiger partial charge in [0.05, 0.1) is 26.3 Å². The molecule has 5 nitrogen and oxygen atoms in total. The van der Waals surface area contributed by atoms with Gasteiger partial charge in [-0.3, -0.25) is 0 Å². The monoisotopic (exact) mass is 485 g/mol. The number of hydrogen-bond donors (Lipinski definition) is 1. The first-order chi connectivity index (χ1) is 13.5. The zero-order chi connectivity index (χ0) is 21.5. The predicted octanol–water partition coefficient (Wildman–Crippen LogP) is 6.21. The number of carboxylic acid groups (broad SMARTS) is 1. The third kappa shape index (κ3) is 4.27. The molecule has 0 spiro atoms. The van der Waals surface area contributed by atoms with Crippen molar-refractivity contribution in [3.05, 3.63) is 57.0 Å². The first-order valence-electron chi connectivity index (χ1n) is 8.31. The molecular weight excluding hydrogens is 471 g/mol. The van der Waals surface area contributed by atoms with Crippen LogP contribution in [0.25, 0.3) is 21.6 Å². The smallest absolute Gasteiger partial charge is 0.416 e. The summed E-state index contributed by atoms with van der Waals surface area (Å²) in [6, 6.07) is 4.78. The second kappa shape index (κ2) is 7.75. The van der Waals surface area contributed by atoms with Crippen LogP contribution < -0.4 is 0 Å². The Labute approximate surface area is 176 Å². The summed E-state index contributed by atoms with van der Waals surface area (Å²) >= 11 is 4.38. The van der Waals surface area contributed by atoms with E-state index in [1.807, 2.05) is 13.8 Å². The van der Waals surface area contributed by atoms with E-state index >= 15 is 0 Å². The largest absolute Gasteiger partial charge is 0.476 e. The lowest BCUT2D eigenvalue weighted by Crippen LogP contribution is -2.08. The van der Waals surface area contributed by atoms with Crippen LogP contribution in [0.2, 0.25) is 0 Å². The number of carboxylic acids is 1. The van der Waals surface area contributed by atoms with Crippen molar-refractivity contribution in [1.82, 2.24) is 14.8 Å². The van der Waals surface area contributed by atoms with Gasteiger partial charge in [0.2, 0.25) is 5.13 Å². The fourth-order valence-electron chi connectivity index (χ4n) is 2.63. The topological polar surface area (TPSA) is 68.0 Å². The minimum Gasteiger partial charge on any atom is -0.476 e. The number of alkyl halides is 3. The molecule has 0 unspecified atom stereocenters. The zero-order valence-electron chi connectivity index (χ0n) is 15.5. The first-order valence-corrected chi connectivity index (χ1v) is 9.92. The Balaban J connectivity index is 2.18. The number of carbonyl (C=O) groups is 1. The van der Waals surface area contributed by atoms with Crippen LogP contribution in [-0.2, 0) is 6.18 Å². The number of allylic oxidation sites excluding steroid dienone is 1. The van der Waals surface area contributed by atoms with Crippen molar-refractivity contribution >= 4 is 39.3 Å². The van der Waals surface area contributed by atoms with E-state index in [-0.39, 0.29) is 5.69 Å². The van der Waals surface area contributed by atoms with Gasteiger partial charge >= 0.3 is 12.1 Å². The van der Waals surface area contributed by atoms with E-state index < -0.39 is 17.7 Å². The number of benzene rings is 1. The highest BCUT2D eigenvalue weighted by Gasteiger charge is 2.30.